The number of hydrogen-bond acceptors (Lipinski definition) is 3. The predicted molar refractivity (Wildman–Crippen MR) is 86.4 cm³/mol. The lowest BCUT2D eigenvalue weighted by Gasteiger charge is -2.08. The van der Waals surface area contributed by atoms with Crippen molar-refractivity contribution in [3.8, 4) is 0 Å². The van der Waals surface area contributed by atoms with E-state index in [4.69, 9.17) is 23.2 Å². The highest BCUT2D eigenvalue weighted by Gasteiger charge is 2.16. The van der Waals surface area contributed by atoms with Crippen LogP contribution >= 0.6 is 23.2 Å². The number of nitro groups is 1. The fourth-order valence-electron chi connectivity index (χ4n) is 1.99. The third kappa shape index (κ3) is 4.34. The Balaban J connectivity index is 1.96. The van der Waals surface area contributed by atoms with Crippen molar-refractivity contribution in [1.29, 1.82) is 0 Å². The summed E-state index contributed by atoms with van der Waals surface area (Å²) in [6.45, 7) is 0.619. The molecule has 0 atom stereocenters. The lowest BCUT2D eigenvalue weighted by Crippen LogP contribution is -2.05. The molecule has 0 aromatic heterocycles. The zero-order valence-electron chi connectivity index (χ0n) is 11.2. The second-order valence-electron chi connectivity index (χ2n) is 4.56. The number of halogens is 2. The van der Waals surface area contributed by atoms with Gasteiger partial charge in [-0.15, -0.1) is 0 Å². The minimum Gasteiger partial charge on any atom is -0.379 e. The summed E-state index contributed by atoms with van der Waals surface area (Å²) in [7, 11) is 0. The molecule has 0 heterocycles. The molecule has 6 heteroatoms. The topological polar surface area (TPSA) is 55.2 Å². The monoisotopic (exact) mass is 324 g/mol. The Bertz CT molecular complexity index is 633. The molecule has 0 unspecified atom stereocenters. The average molecular weight is 325 g/mol. The van der Waals surface area contributed by atoms with E-state index in [1.54, 1.807) is 0 Å². The smallest absolute Gasteiger partial charge is 0.293 e. The number of nitrogens with one attached hydrogen (secondary N) is 1. The Morgan fingerprint density at radius 1 is 1.10 bits per heavy atom. The minimum absolute atomic E-state index is 0.0656. The van der Waals surface area contributed by atoms with Crippen LogP contribution < -0.4 is 5.32 Å². The van der Waals surface area contributed by atoms with Gasteiger partial charge in [0.25, 0.3) is 5.69 Å². The van der Waals surface area contributed by atoms with Crippen LogP contribution in [-0.4, -0.2) is 11.5 Å². The van der Waals surface area contributed by atoms with E-state index in [9.17, 15) is 10.1 Å². The van der Waals surface area contributed by atoms with E-state index in [1.165, 1.54) is 17.7 Å². The highest BCUT2D eigenvalue weighted by molar-refractivity contribution is 6.42. The largest absolute Gasteiger partial charge is 0.379 e. The zero-order valence-corrected chi connectivity index (χ0v) is 12.7. The molecule has 2 aromatic carbocycles. The molecule has 0 saturated heterocycles. The zero-order chi connectivity index (χ0) is 15.2. The first-order valence-electron chi connectivity index (χ1n) is 6.49. The lowest BCUT2D eigenvalue weighted by molar-refractivity contribution is -0.383. The summed E-state index contributed by atoms with van der Waals surface area (Å²) in [5.74, 6) is 0. The van der Waals surface area contributed by atoms with E-state index in [0.717, 1.165) is 12.8 Å². The minimum atomic E-state index is -0.470. The number of aryl methyl sites for hydroxylation is 1. The van der Waals surface area contributed by atoms with E-state index in [2.05, 4.69) is 17.4 Å². The molecule has 2 rings (SSSR count). The van der Waals surface area contributed by atoms with Crippen LogP contribution in [0.2, 0.25) is 10.0 Å². The third-order valence-electron chi connectivity index (χ3n) is 3.04. The van der Waals surface area contributed by atoms with Gasteiger partial charge in [-0.1, -0.05) is 53.5 Å². The average Bonchev–Trinajstić information content (AvgIpc) is 2.47. The molecule has 0 amide bonds. The molecule has 0 saturated carbocycles. The van der Waals surface area contributed by atoms with Gasteiger partial charge in [-0.25, -0.2) is 0 Å². The molecular formula is C15H14Cl2N2O2. The summed E-state index contributed by atoms with van der Waals surface area (Å²) >= 11 is 11.7. The summed E-state index contributed by atoms with van der Waals surface area (Å²) in [4.78, 5) is 10.5. The van der Waals surface area contributed by atoms with Crippen LogP contribution in [0.15, 0.2) is 42.5 Å². The van der Waals surface area contributed by atoms with E-state index in [1.807, 2.05) is 18.2 Å². The molecule has 21 heavy (non-hydrogen) atoms. The first kappa shape index (κ1) is 15.6. The highest BCUT2D eigenvalue weighted by atomic mass is 35.5. The van der Waals surface area contributed by atoms with Gasteiger partial charge in [0.05, 0.1) is 15.0 Å². The first-order valence-corrected chi connectivity index (χ1v) is 7.25. The molecule has 0 aliphatic rings. The second kappa shape index (κ2) is 7.29. The van der Waals surface area contributed by atoms with Crippen molar-refractivity contribution in [2.24, 2.45) is 0 Å². The van der Waals surface area contributed by atoms with Gasteiger partial charge >= 0.3 is 0 Å². The van der Waals surface area contributed by atoms with Gasteiger partial charge in [0.15, 0.2) is 0 Å². The third-order valence-corrected chi connectivity index (χ3v) is 3.76. The number of nitrogens with zero attached hydrogens (tertiary/aromatic N) is 1. The van der Waals surface area contributed by atoms with E-state index < -0.39 is 4.92 Å². The van der Waals surface area contributed by atoms with Gasteiger partial charge in [0.2, 0.25) is 0 Å². The molecule has 0 aliphatic carbocycles. The Hall–Kier alpha value is -1.78. The molecule has 0 fully saturated rings. The molecule has 0 bridgehead atoms. The fraction of sp³-hybridized carbons (Fsp3) is 0.200. The normalized spacial score (nSPS) is 10.4. The van der Waals surface area contributed by atoms with Crippen LogP contribution in [0.4, 0.5) is 11.4 Å². The number of nitro benzene ring substituents is 1. The quantitative estimate of drug-likeness (QED) is 0.465. The Morgan fingerprint density at radius 2 is 1.76 bits per heavy atom. The summed E-state index contributed by atoms with van der Waals surface area (Å²) < 4.78 is 0. The van der Waals surface area contributed by atoms with Gasteiger partial charge in [-0.05, 0) is 24.5 Å². The highest BCUT2D eigenvalue weighted by Crippen LogP contribution is 2.33. The molecule has 4 nitrogen and oxygen atoms in total. The molecule has 0 spiro atoms. The fourth-order valence-corrected chi connectivity index (χ4v) is 2.31. The van der Waals surface area contributed by atoms with Crippen LogP contribution in [0, 0.1) is 10.1 Å². The molecule has 110 valence electrons. The molecule has 2 aromatic rings. The van der Waals surface area contributed by atoms with Gasteiger partial charge in [0.1, 0.15) is 5.69 Å². The second-order valence-corrected chi connectivity index (χ2v) is 5.37. The Morgan fingerprint density at radius 3 is 2.43 bits per heavy atom. The van der Waals surface area contributed by atoms with Gasteiger partial charge in [0, 0.05) is 12.6 Å². The Labute approximate surface area is 132 Å². The standard InChI is InChI=1S/C15H14Cl2N2O2/c16-12-9-14(15(19(20)21)10-13(12)17)18-8-4-7-11-5-2-1-3-6-11/h1-3,5-6,9-10,18H,4,7-8H2. The maximum absolute atomic E-state index is 11.0. The SMILES string of the molecule is O=[N+]([O-])c1cc(Cl)c(Cl)cc1NCCCc1ccccc1. The molecular weight excluding hydrogens is 311 g/mol. The first-order chi connectivity index (χ1) is 10.1. The van der Waals surface area contributed by atoms with Gasteiger partial charge in [-0.3, -0.25) is 10.1 Å². The summed E-state index contributed by atoms with van der Waals surface area (Å²) in [5, 5.41) is 14.5. The van der Waals surface area contributed by atoms with Crippen LogP contribution in [0.3, 0.4) is 0 Å². The number of rotatable bonds is 6. The van der Waals surface area contributed by atoms with E-state index in [0.29, 0.717) is 17.3 Å². The van der Waals surface area contributed by atoms with Crippen molar-refractivity contribution in [3.05, 3.63) is 68.2 Å². The van der Waals surface area contributed by atoms with Gasteiger partial charge < -0.3 is 5.32 Å². The van der Waals surface area contributed by atoms with Crippen molar-refractivity contribution >= 4 is 34.6 Å². The van der Waals surface area contributed by atoms with Crippen molar-refractivity contribution in [2.45, 2.75) is 12.8 Å². The van der Waals surface area contributed by atoms with Crippen LogP contribution in [0.1, 0.15) is 12.0 Å². The molecule has 1 N–H and O–H groups in total. The summed E-state index contributed by atoms with van der Waals surface area (Å²) in [5.41, 5.74) is 1.56. The summed E-state index contributed by atoms with van der Waals surface area (Å²) in [6.07, 6.45) is 1.77. The van der Waals surface area contributed by atoms with Crippen molar-refractivity contribution < 1.29 is 4.92 Å². The Kier molecular flexibility index (Phi) is 5.42. The maximum Gasteiger partial charge on any atom is 0.293 e. The number of hydrogen-bond donors (Lipinski definition) is 1. The summed E-state index contributed by atoms with van der Waals surface area (Å²) in [6, 6.07) is 12.8. The van der Waals surface area contributed by atoms with Crippen LogP contribution in [0.25, 0.3) is 0 Å². The van der Waals surface area contributed by atoms with Crippen molar-refractivity contribution in [1.82, 2.24) is 0 Å². The number of anilines is 1. The van der Waals surface area contributed by atoms with Crippen molar-refractivity contribution in [3.63, 3.8) is 0 Å². The maximum atomic E-state index is 11.0. The van der Waals surface area contributed by atoms with E-state index >= 15 is 0 Å². The molecule has 0 aliphatic heterocycles. The van der Waals surface area contributed by atoms with E-state index in [-0.39, 0.29) is 10.7 Å². The van der Waals surface area contributed by atoms with Gasteiger partial charge in [-0.2, -0.15) is 0 Å². The van der Waals surface area contributed by atoms with Crippen LogP contribution in [-0.2, 0) is 6.42 Å². The molecule has 0 radical (unpaired) electrons. The number of benzene rings is 2. The lowest BCUT2D eigenvalue weighted by atomic mass is 10.1. The van der Waals surface area contributed by atoms with Crippen molar-refractivity contribution in [2.75, 3.05) is 11.9 Å². The van der Waals surface area contributed by atoms with Crippen LogP contribution in [0.5, 0.6) is 0 Å². The predicted octanol–water partition coefficient (Wildman–Crippen LogP) is 4.95.